The highest BCUT2D eigenvalue weighted by atomic mass is 32.1. The first kappa shape index (κ1) is 30.8. The Morgan fingerprint density at radius 2 is 0.889 bits per heavy atom. The molecular formula is C52H33NS. The maximum atomic E-state index is 2.41. The molecule has 0 aliphatic carbocycles. The first-order valence-electron chi connectivity index (χ1n) is 18.5. The molecule has 0 N–H and O–H groups in total. The molecule has 0 aliphatic rings. The predicted molar refractivity (Wildman–Crippen MR) is 235 cm³/mol. The monoisotopic (exact) mass is 703 g/mol. The van der Waals surface area contributed by atoms with Crippen molar-refractivity contribution in [1.82, 2.24) is 0 Å². The van der Waals surface area contributed by atoms with Gasteiger partial charge in [-0.05, 0) is 108 Å². The maximum Gasteiger partial charge on any atom is 0.0476 e. The Hall–Kier alpha value is -6.74. The third-order valence-corrected chi connectivity index (χ3v) is 12.2. The highest BCUT2D eigenvalue weighted by Crippen LogP contribution is 2.44. The van der Waals surface area contributed by atoms with Crippen molar-refractivity contribution < 1.29 is 0 Å². The fraction of sp³-hybridized carbons (Fsp3) is 0. The summed E-state index contributed by atoms with van der Waals surface area (Å²) in [5.41, 5.74) is 8.32. The van der Waals surface area contributed by atoms with E-state index in [-0.39, 0.29) is 0 Å². The van der Waals surface area contributed by atoms with Crippen molar-refractivity contribution in [2.75, 3.05) is 4.90 Å². The molecule has 0 aliphatic heterocycles. The molecule has 0 saturated carbocycles. The van der Waals surface area contributed by atoms with Gasteiger partial charge in [0.1, 0.15) is 0 Å². The Balaban J connectivity index is 1.09. The van der Waals surface area contributed by atoms with Crippen LogP contribution in [0.5, 0.6) is 0 Å². The van der Waals surface area contributed by atoms with E-state index >= 15 is 0 Å². The van der Waals surface area contributed by atoms with E-state index in [2.05, 4.69) is 205 Å². The highest BCUT2D eigenvalue weighted by Gasteiger charge is 2.18. The lowest BCUT2D eigenvalue weighted by Gasteiger charge is -2.26. The van der Waals surface area contributed by atoms with Gasteiger partial charge in [-0.1, -0.05) is 158 Å². The Morgan fingerprint density at radius 1 is 0.296 bits per heavy atom. The third-order valence-electron chi connectivity index (χ3n) is 11.0. The van der Waals surface area contributed by atoms with Gasteiger partial charge in [0, 0.05) is 37.2 Å². The molecule has 2 heteroatoms. The van der Waals surface area contributed by atoms with E-state index in [1.165, 1.54) is 85.5 Å². The Bertz CT molecular complexity index is 3210. The summed E-state index contributed by atoms with van der Waals surface area (Å²) in [4.78, 5) is 2.41. The Labute approximate surface area is 317 Å². The van der Waals surface area contributed by atoms with Gasteiger partial charge in [-0.2, -0.15) is 0 Å². The number of hydrogen-bond acceptors (Lipinski definition) is 2. The van der Waals surface area contributed by atoms with Crippen LogP contribution in [0.3, 0.4) is 0 Å². The van der Waals surface area contributed by atoms with Crippen molar-refractivity contribution in [1.29, 1.82) is 0 Å². The van der Waals surface area contributed by atoms with Crippen LogP contribution < -0.4 is 4.90 Å². The molecule has 0 radical (unpaired) electrons. The lowest BCUT2D eigenvalue weighted by atomic mass is 9.90. The normalized spacial score (nSPS) is 11.7. The number of benzene rings is 10. The molecule has 0 amide bonds. The van der Waals surface area contributed by atoms with Crippen LogP contribution >= 0.6 is 11.3 Å². The minimum absolute atomic E-state index is 1.12. The van der Waals surface area contributed by atoms with Gasteiger partial charge in [-0.3, -0.25) is 0 Å². The number of anilines is 3. The van der Waals surface area contributed by atoms with Crippen molar-refractivity contribution in [2.24, 2.45) is 0 Å². The van der Waals surface area contributed by atoms with Crippen molar-refractivity contribution in [3.63, 3.8) is 0 Å². The van der Waals surface area contributed by atoms with Crippen LogP contribution in [0.25, 0.3) is 85.5 Å². The largest absolute Gasteiger partial charge is 0.310 e. The molecular weight excluding hydrogens is 671 g/mol. The van der Waals surface area contributed by atoms with Crippen molar-refractivity contribution in [2.45, 2.75) is 0 Å². The molecule has 0 spiro atoms. The van der Waals surface area contributed by atoms with Crippen LogP contribution in [-0.2, 0) is 0 Å². The summed E-state index contributed by atoms with van der Waals surface area (Å²) in [6.45, 7) is 0. The second kappa shape index (κ2) is 12.4. The quantitative estimate of drug-likeness (QED) is 0.161. The summed E-state index contributed by atoms with van der Waals surface area (Å²) in [6.07, 6.45) is 0. The van der Waals surface area contributed by atoms with Crippen molar-refractivity contribution >= 4 is 91.7 Å². The molecule has 0 saturated heterocycles. The van der Waals surface area contributed by atoms with Gasteiger partial charge in [0.05, 0.1) is 0 Å². The molecule has 11 rings (SSSR count). The standard InChI is InChI=1S/C52H33NS/c1-2-11-34(12-3-1)35-21-24-39(25-22-35)53(41-27-30-48-49-28-23-36-13-4-7-17-44(36)52(49)54-51(48)33-41)40-26-29-43-37(31-40)15-10-20-46(43)50-32-38-14-5-6-16-42(38)45-18-8-9-19-47(45)50/h1-33H. The van der Waals surface area contributed by atoms with Gasteiger partial charge < -0.3 is 4.90 Å². The summed E-state index contributed by atoms with van der Waals surface area (Å²) < 4.78 is 2.63. The fourth-order valence-corrected chi connectivity index (χ4v) is 9.71. The number of thiophene rings is 1. The minimum atomic E-state index is 1.12. The minimum Gasteiger partial charge on any atom is -0.310 e. The molecule has 0 atom stereocenters. The average molecular weight is 704 g/mol. The predicted octanol–water partition coefficient (Wildman–Crippen LogP) is 15.5. The maximum absolute atomic E-state index is 2.41. The van der Waals surface area contributed by atoms with Crippen LogP contribution in [0.4, 0.5) is 17.1 Å². The lowest BCUT2D eigenvalue weighted by Crippen LogP contribution is -2.09. The van der Waals surface area contributed by atoms with E-state index in [0.29, 0.717) is 0 Å². The number of nitrogens with zero attached hydrogens (tertiary/aromatic N) is 1. The summed E-state index contributed by atoms with van der Waals surface area (Å²) in [6, 6.07) is 73.5. The third kappa shape index (κ3) is 4.99. The molecule has 0 unspecified atom stereocenters. The molecule has 1 nitrogen and oxygen atoms in total. The van der Waals surface area contributed by atoms with Gasteiger partial charge in [0.25, 0.3) is 0 Å². The number of rotatable bonds is 5. The molecule has 252 valence electrons. The smallest absolute Gasteiger partial charge is 0.0476 e. The molecule has 11 aromatic rings. The summed E-state index contributed by atoms with van der Waals surface area (Å²) in [7, 11) is 0. The van der Waals surface area contributed by atoms with E-state index < -0.39 is 0 Å². The second-order valence-electron chi connectivity index (χ2n) is 14.1. The van der Waals surface area contributed by atoms with E-state index in [4.69, 9.17) is 0 Å². The van der Waals surface area contributed by atoms with Crippen LogP contribution in [-0.4, -0.2) is 0 Å². The van der Waals surface area contributed by atoms with Crippen LogP contribution in [0.1, 0.15) is 0 Å². The van der Waals surface area contributed by atoms with E-state index in [1.54, 1.807) is 0 Å². The summed E-state index contributed by atoms with van der Waals surface area (Å²) >= 11 is 1.89. The molecule has 10 aromatic carbocycles. The average Bonchev–Trinajstić information content (AvgIpc) is 3.62. The Morgan fingerprint density at radius 3 is 1.72 bits per heavy atom. The summed E-state index contributed by atoms with van der Waals surface area (Å²) in [5, 5.41) is 12.8. The van der Waals surface area contributed by atoms with Crippen molar-refractivity contribution in [3.8, 4) is 22.3 Å². The first-order chi connectivity index (χ1) is 26.8. The molecule has 0 fully saturated rings. The molecule has 54 heavy (non-hydrogen) atoms. The van der Waals surface area contributed by atoms with Gasteiger partial charge in [0.2, 0.25) is 0 Å². The van der Waals surface area contributed by atoms with Gasteiger partial charge in [-0.15, -0.1) is 11.3 Å². The SMILES string of the molecule is c1ccc(-c2ccc(N(c3ccc4c(-c5cc6ccccc6c6ccccc56)cccc4c3)c3ccc4c(c3)sc3c5ccccc5ccc43)cc2)cc1. The second-order valence-corrected chi connectivity index (χ2v) is 15.1. The lowest BCUT2D eigenvalue weighted by molar-refractivity contribution is 1.30. The fourth-order valence-electron chi connectivity index (χ4n) is 8.43. The van der Waals surface area contributed by atoms with E-state index in [1.807, 2.05) is 11.3 Å². The van der Waals surface area contributed by atoms with Crippen molar-refractivity contribution in [3.05, 3.63) is 200 Å². The van der Waals surface area contributed by atoms with E-state index in [9.17, 15) is 0 Å². The van der Waals surface area contributed by atoms with Gasteiger partial charge >= 0.3 is 0 Å². The van der Waals surface area contributed by atoms with Crippen LogP contribution in [0.2, 0.25) is 0 Å². The van der Waals surface area contributed by atoms with Crippen LogP contribution in [0, 0.1) is 0 Å². The molecule has 0 bridgehead atoms. The van der Waals surface area contributed by atoms with Crippen LogP contribution in [0.15, 0.2) is 200 Å². The Kier molecular flexibility index (Phi) is 7.11. The summed E-state index contributed by atoms with van der Waals surface area (Å²) in [5.74, 6) is 0. The van der Waals surface area contributed by atoms with Gasteiger partial charge in [-0.25, -0.2) is 0 Å². The zero-order valence-corrected chi connectivity index (χ0v) is 30.2. The number of hydrogen-bond donors (Lipinski definition) is 0. The van der Waals surface area contributed by atoms with E-state index in [0.717, 1.165) is 17.1 Å². The first-order valence-corrected chi connectivity index (χ1v) is 19.3. The topological polar surface area (TPSA) is 3.24 Å². The highest BCUT2D eigenvalue weighted by molar-refractivity contribution is 7.26. The number of fused-ring (bicyclic) bond motifs is 9. The molecule has 1 aromatic heterocycles. The van der Waals surface area contributed by atoms with Gasteiger partial charge in [0.15, 0.2) is 0 Å². The molecule has 1 heterocycles. The zero-order chi connectivity index (χ0) is 35.6. The zero-order valence-electron chi connectivity index (χ0n) is 29.4.